The van der Waals surface area contributed by atoms with E-state index in [4.69, 9.17) is 9.40 Å². The van der Waals surface area contributed by atoms with Gasteiger partial charge in [-0.1, -0.05) is 116 Å². The van der Waals surface area contributed by atoms with E-state index >= 15 is 0 Å². The molecule has 4 heterocycles. The fourth-order valence-corrected chi connectivity index (χ4v) is 9.92. The molecular formula is C64H56IrN3O. The van der Waals surface area contributed by atoms with Gasteiger partial charge in [0.2, 0.25) is 0 Å². The van der Waals surface area contributed by atoms with Crippen molar-refractivity contribution in [3.63, 3.8) is 0 Å². The number of nitrogens with zero attached hydrogens (tertiary/aromatic N) is 3. The Morgan fingerprint density at radius 2 is 1.32 bits per heavy atom. The summed E-state index contributed by atoms with van der Waals surface area (Å²) >= 11 is 0. The van der Waals surface area contributed by atoms with Crippen LogP contribution in [0.3, 0.4) is 0 Å². The van der Waals surface area contributed by atoms with Crippen molar-refractivity contribution >= 4 is 21.9 Å². The number of rotatable bonds is 10. The van der Waals surface area contributed by atoms with Crippen LogP contribution in [0.25, 0.3) is 66.8 Å². The van der Waals surface area contributed by atoms with Crippen LogP contribution < -0.4 is 0 Å². The van der Waals surface area contributed by atoms with E-state index in [9.17, 15) is 0 Å². The van der Waals surface area contributed by atoms with Crippen molar-refractivity contribution in [2.75, 3.05) is 0 Å². The van der Waals surface area contributed by atoms with E-state index in [1.54, 1.807) is 0 Å². The van der Waals surface area contributed by atoms with Crippen LogP contribution in [-0.2, 0) is 39.4 Å². The number of para-hydroxylation sites is 1. The summed E-state index contributed by atoms with van der Waals surface area (Å²) in [6, 6.07) is 64.8. The zero-order valence-electron chi connectivity index (χ0n) is 39.9. The first kappa shape index (κ1) is 47.3. The molecule has 4 aromatic heterocycles. The van der Waals surface area contributed by atoms with Gasteiger partial charge in [-0.25, -0.2) is 0 Å². The fourth-order valence-electron chi connectivity index (χ4n) is 9.92. The summed E-state index contributed by atoms with van der Waals surface area (Å²) in [5.74, 6) is 0.685. The van der Waals surface area contributed by atoms with E-state index in [1.807, 2.05) is 85.3 Å². The number of pyridine rings is 3. The van der Waals surface area contributed by atoms with Gasteiger partial charge in [0.05, 0.1) is 5.58 Å². The zero-order valence-corrected chi connectivity index (χ0v) is 42.2. The third-order valence-corrected chi connectivity index (χ3v) is 13.9. The van der Waals surface area contributed by atoms with Crippen molar-refractivity contribution in [2.24, 2.45) is 5.41 Å². The number of hydrogen-bond acceptors (Lipinski definition) is 4. The van der Waals surface area contributed by atoms with Gasteiger partial charge in [-0.3, -0.25) is 0 Å². The second-order valence-electron chi connectivity index (χ2n) is 19.1. The predicted molar refractivity (Wildman–Crippen MR) is 279 cm³/mol. The minimum absolute atomic E-state index is 0. The fraction of sp³-hybridized carbons (Fsp3) is 0.203. The Labute approximate surface area is 421 Å². The number of aromatic nitrogens is 3. The van der Waals surface area contributed by atoms with E-state index < -0.39 is 0 Å². The van der Waals surface area contributed by atoms with Gasteiger partial charge in [0.1, 0.15) is 5.58 Å². The van der Waals surface area contributed by atoms with Gasteiger partial charge < -0.3 is 19.4 Å². The predicted octanol–water partition coefficient (Wildman–Crippen LogP) is 16.2. The molecule has 1 fully saturated rings. The van der Waals surface area contributed by atoms with Crippen molar-refractivity contribution < 1.29 is 24.5 Å². The van der Waals surface area contributed by atoms with Crippen molar-refractivity contribution in [1.29, 1.82) is 0 Å². The molecule has 0 spiro atoms. The molecule has 0 aliphatic heterocycles. The van der Waals surface area contributed by atoms with Gasteiger partial charge in [-0.2, -0.15) is 0 Å². The number of hydrogen-bond donors (Lipinski definition) is 0. The van der Waals surface area contributed by atoms with Gasteiger partial charge in [-0.05, 0) is 144 Å². The average Bonchev–Trinajstić information content (AvgIpc) is 3.77. The second-order valence-corrected chi connectivity index (χ2v) is 19.1. The molecule has 6 aromatic carbocycles. The second kappa shape index (κ2) is 21.2. The van der Waals surface area contributed by atoms with Gasteiger partial charge in [-0.15, -0.1) is 89.5 Å². The summed E-state index contributed by atoms with van der Waals surface area (Å²) in [4.78, 5) is 14.0. The summed E-state index contributed by atoms with van der Waals surface area (Å²) in [6.07, 6.45) is 13.8. The van der Waals surface area contributed by atoms with Crippen LogP contribution in [0.1, 0.15) is 84.4 Å². The Kier molecular flexibility index (Phi) is 14.6. The maximum absolute atomic E-state index is 6.26. The summed E-state index contributed by atoms with van der Waals surface area (Å²) < 4.78 is 6.26. The van der Waals surface area contributed by atoms with Crippen LogP contribution in [-0.4, -0.2) is 15.0 Å². The molecule has 0 atom stereocenters. The van der Waals surface area contributed by atoms with Gasteiger partial charge in [0.15, 0.2) is 0 Å². The van der Waals surface area contributed by atoms with Gasteiger partial charge >= 0.3 is 20.1 Å². The first-order chi connectivity index (χ1) is 33.3. The maximum atomic E-state index is 6.26. The van der Waals surface area contributed by atoms with Gasteiger partial charge in [0, 0.05) is 24.0 Å². The monoisotopic (exact) mass is 1080 g/mol. The maximum Gasteiger partial charge on any atom is 3.00 e. The Bertz CT molecular complexity index is 3310. The number of furan rings is 1. The first-order valence-corrected chi connectivity index (χ1v) is 24.1. The Balaban J connectivity index is 0.000000170. The molecule has 1 aliphatic rings. The number of benzene rings is 6. The van der Waals surface area contributed by atoms with Crippen molar-refractivity contribution in [2.45, 2.75) is 78.6 Å². The topological polar surface area (TPSA) is 51.8 Å². The quantitative estimate of drug-likeness (QED) is 0.128. The molecule has 0 radical (unpaired) electrons. The molecule has 342 valence electrons. The van der Waals surface area contributed by atoms with Crippen LogP contribution in [0.2, 0.25) is 0 Å². The molecule has 0 unspecified atom stereocenters. The smallest absolute Gasteiger partial charge is 0.501 e. The minimum Gasteiger partial charge on any atom is -0.501 e. The number of aryl methyl sites for hydroxylation is 4. The molecule has 11 rings (SSSR count). The third kappa shape index (κ3) is 10.8. The molecule has 0 amide bonds. The molecular weight excluding hydrogens is 1020 g/mol. The first-order valence-electron chi connectivity index (χ1n) is 24.1. The minimum atomic E-state index is 0. The van der Waals surface area contributed by atoms with E-state index in [-0.39, 0.29) is 20.1 Å². The third-order valence-electron chi connectivity index (χ3n) is 13.9. The van der Waals surface area contributed by atoms with Crippen molar-refractivity contribution in [3.8, 4) is 44.9 Å². The van der Waals surface area contributed by atoms with Crippen LogP contribution in [0, 0.1) is 37.5 Å². The molecule has 0 bridgehead atoms. The van der Waals surface area contributed by atoms with Crippen LogP contribution >= 0.6 is 0 Å². The molecule has 10 aromatic rings. The van der Waals surface area contributed by atoms with Gasteiger partial charge in [0.25, 0.3) is 0 Å². The Hall–Kier alpha value is -6.78. The van der Waals surface area contributed by atoms with Crippen molar-refractivity contribution in [3.05, 3.63) is 233 Å². The van der Waals surface area contributed by atoms with Crippen LogP contribution in [0.15, 0.2) is 181 Å². The van der Waals surface area contributed by atoms with E-state index in [1.165, 1.54) is 75.8 Å². The van der Waals surface area contributed by atoms with Crippen LogP contribution in [0.5, 0.6) is 0 Å². The standard InChI is InChI=1S/C33H32NO.C31H24N2.Ir/c1-21-18-24(23-14-16-33(3,4)17-15-23)12-13-25(21)29-19-30(34-20-22(29)2)28-10-7-9-27-26-8-5-6-11-31(26)35-32(27)28;1-2-11-26(12-3-1)30-20-18-24(23-33-30)17-19-25-10-4-5-13-27(25)22-28-14-6-7-15-29(28)31-16-8-9-21-32-31;/h5-9,11-13,18-20,23H,14-17H2,1-4H3;1-11,13-14,16,18,20-21,23H,17,19,22H2;/q-1;-2;+3. The SMILES string of the molecule is Cc1cc(C2CCC(C)(C)CC2)ccc1-c1cc(-c2[c-]ccc3c2oc2ccccc23)ncc1C.[Ir+3].[c-]1ccccc1-c1ccc(CCc2ccccc2Cc2ccc[c-]c2-c2ccccn2)cn1. The summed E-state index contributed by atoms with van der Waals surface area (Å²) in [5.41, 5.74) is 19.8. The van der Waals surface area contributed by atoms with E-state index in [0.717, 1.165) is 75.0 Å². The average molecular weight is 1080 g/mol. The molecule has 4 nitrogen and oxygen atoms in total. The summed E-state index contributed by atoms with van der Waals surface area (Å²) in [6.45, 7) is 9.21. The zero-order chi connectivity index (χ0) is 46.5. The molecule has 0 saturated heterocycles. The van der Waals surface area contributed by atoms with E-state index in [2.05, 4.69) is 147 Å². The molecule has 1 saturated carbocycles. The normalized spacial score (nSPS) is 13.4. The largest absolute Gasteiger partial charge is 3.00 e. The molecule has 69 heavy (non-hydrogen) atoms. The Morgan fingerprint density at radius 1 is 0.565 bits per heavy atom. The molecule has 5 heteroatoms. The number of fused-ring (bicyclic) bond motifs is 3. The van der Waals surface area contributed by atoms with E-state index in [0.29, 0.717) is 11.3 Å². The van der Waals surface area contributed by atoms with Crippen LogP contribution in [0.4, 0.5) is 0 Å². The summed E-state index contributed by atoms with van der Waals surface area (Å²) in [7, 11) is 0. The van der Waals surface area contributed by atoms with Crippen molar-refractivity contribution in [1.82, 2.24) is 15.0 Å². The summed E-state index contributed by atoms with van der Waals surface area (Å²) in [5, 5.41) is 2.23. The molecule has 0 N–H and O–H groups in total. The Morgan fingerprint density at radius 3 is 2.10 bits per heavy atom. The molecule has 1 aliphatic carbocycles.